The lowest BCUT2D eigenvalue weighted by molar-refractivity contribution is -0.147. The third-order valence-corrected chi connectivity index (χ3v) is 4.14. The summed E-state index contributed by atoms with van der Waals surface area (Å²) in [6.45, 7) is 3.68. The molecule has 112 valence electrons. The van der Waals surface area contributed by atoms with E-state index < -0.39 is 21.2 Å². The molecule has 1 N–H and O–H groups in total. The van der Waals surface area contributed by atoms with E-state index in [1.54, 1.807) is 26.0 Å². The molecule has 1 aromatic rings. The highest BCUT2D eigenvalue weighted by molar-refractivity contribution is 7.90. The van der Waals surface area contributed by atoms with Gasteiger partial charge in [-0.3, -0.25) is 4.79 Å². The van der Waals surface area contributed by atoms with Crippen molar-refractivity contribution in [3.05, 3.63) is 24.3 Å². The number of ether oxygens (including phenoxy) is 1. The summed E-state index contributed by atoms with van der Waals surface area (Å²) in [5.41, 5.74) is -0.780. The molecule has 0 unspecified atom stereocenters. The molecule has 0 bridgehead atoms. The number of hydrogen-bond donors (Lipinski definition) is 1. The van der Waals surface area contributed by atoms with Gasteiger partial charge in [0.2, 0.25) is 0 Å². The molecule has 0 radical (unpaired) electrons. The van der Waals surface area contributed by atoms with Crippen LogP contribution in [0.2, 0.25) is 0 Å². The van der Waals surface area contributed by atoms with Crippen molar-refractivity contribution in [2.75, 3.05) is 12.9 Å². The molecule has 0 aromatic heterocycles. The Morgan fingerprint density at radius 2 is 2.00 bits per heavy atom. The second kappa shape index (κ2) is 6.26. The number of carboxylic acid groups (broad SMARTS) is 1. The van der Waals surface area contributed by atoms with Gasteiger partial charge in [-0.15, -0.1) is 0 Å². The average molecular weight is 300 g/mol. The lowest BCUT2D eigenvalue weighted by Gasteiger charge is -2.18. The fraction of sp³-hybridized carbons (Fsp3) is 0.500. The number of carboxylic acids is 1. The molecule has 0 heterocycles. The monoisotopic (exact) mass is 300 g/mol. The fourth-order valence-corrected chi connectivity index (χ4v) is 2.26. The Labute approximate surface area is 119 Å². The van der Waals surface area contributed by atoms with Crippen LogP contribution >= 0.6 is 0 Å². The van der Waals surface area contributed by atoms with Crippen molar-refractivity contribution < 1.29 is 23.1 Å². The van der Waals surface area contributed by atoms with Gasteiger partial charge in [0.25, 0.3) is 0 Å². The molecule has 0 aliphatic heterocycles. The third-order valence-electron chi connectivity index (χ3n) is 3.03. The SMILES string of the molecule is CC(C)(CCCOc1cccc(S(C)(=O)=O)c1)C(=O)O. The van der Waals surface area contributed by atoms with E-state index in [2.05, 4.69) is 0 Å². The van der Waals surface area contributed by atoms with E-state index in [0.717, 1.165) is 6.26 Å². The maximum Gasteiger partial charge on any atom is 0.309 e. The smallest absolute Gasteiger partial charge is 0.309 e. The highest BCUT2D eigenvalue weighted by Gasteiger charge is 2.26. The van der Waals surface area contributed by atoms with Crippen LogP contribution in [-0.4, -0.2) is 32.4 Å². The van der Waals surface area contributed by atoms with Crippen molar-refractivity contribution >= 4 is 15.8 Å². The molecule has 0 aliphatic carbocycles. The largest absolute Gasteiger partial charge is 0.494 e. The van der Waals surface area contributed by atoms with Crippen LogP contribution < -0.4 is 4.74 Å². The molecule has 1 aromatic carbocycles. The number of sulfone groups is 1. The van der Waals surface area contributed by atoms with Crippen molar-refractivity contribution in [3.63, 3.8) is 0 Å². The summed E-state index contributed by atoms with van der Waals surface area (Å²) < 4.78 is 28.3. The Morgan fingerprint density at radius 1 is 1.35 bits per heavy atom. The Balaban J connectivity index is 2.54. The highest BCUT2D eigenvalue weighted by atomic mass is 32.2. The summed E-state index contributed by atoms with van der Waals surface area (Å²) >= 11 is 0. The molecule has 20 heavy (non-hydrogen) atoms. The van der Waals surface area contributed by atoms with Crippen molar-refractivity contribution in [2.45, 2.75) is 31.6 Å². The maximum atomic E-state index is 11.4. The predicted molar refractivity (Wildman–Crippen MR) is 75.7 cm³/mol. The quantitative estimate of drug-likeness (QED) is 0.782. The first-order valence-corrected chi connectivity index (χ1v) is 8.18. The Bertz CT molecular complexity index is 575. The van der Waals surface area contributed by atoms with Gasteiger partial charge in [-0.1, -0.05) is 6.07 Å². The van der Waals surface area contributed by atoms with Crippen molar-refractivity contribution in [3.8, 4) is 5.75 Å². The molecule has 6 heteroatoms. The molecule has 0 atom stereocenters. The van der Waals surface area contributed by atoms with Gasteiger partial charge in [0.15, 0.2) is 9.84 Å². The molecule has 0 aliphatic rings. The molecular formula is C14H20O5S. The molecular weight excluding hydrogens is 280 g/mol. The van der Waals surface area contributed by atoms with Crippen LogP contribution in [0.3, 0.4) is 0 Å². The number of benzene rings is 1. The van der Waals surface area contributed by atoms with Crippen molar-refractivity contribution in [2.24, 2.45) is 5.41 Å². The second-order valence-corrected chi connectivity index (χ2v) is 7.40. The van der Waals surface area contributed by atoms with Crippen molar-refractivity contribution in [1.82, 2.24) is 0 Å². The standard InChI is InChI=1S/C14H20O5S/c1-14(2,13(15)16)8-5-9-19-11-6-4-7-12(10-11)20(3,17)18/h4,6-7,10H,5,8-9H2,1-3H3,(H,15,16). The van der Waals surface area contributed by atoms with Gasteiger partial charge in [0.1, 0.15) is 5.75 Å². The lowest BCUT2D eigenvalue weighted by Crippen LogP contribution is -2.24. The first-order chi connectivity index (χ1) is 9.13. The summed E-state index contributed by atoms with van der Waals surface area (Å²) in [5.74, 6) is -0.363. The van der Waals surface area contributed by atoms with E-state index in [-0.39, 0.29) is 4.90 Å². The van der Waals surface area contributed by atoms with Gasteiger partial charge < -0.3 is 9.84 Å². The van der Waals surface area contributed by atoms with Crippen molar-refractivity contribution in [1.29, 1.82) is 0 Å². The van der Waals surface area contributed by atoms with Crippen LogP contribution in [0.25, 0.3) is 0 Å². The minimum Gasteiger partial charge on any atom is -0.494 e. The first-order valence-electron chi connectivity index (χ1n) is 6.29. The van der Waals surface area contributed by atoms with E-state index in [1.807, 2.05) is 0 Å². The van der Waals surface area contributed by atoms with Crippen LogP contribution in [0.15, 0.2) is 29.2 Å². The fourth-order valence-electron chi connectivity index (χ4n) is 1.61. The zero-order valence-corrected chi connectivity index (χ0v) is 12.7. The summed E-state index contributed by atoms with van der Waals surface area (Å²) in [6.07, 6.45) is 2.22. The van der Waals surface area contributed by atoms with Gasteiger partial charge in [0, 0.05) is 6.26 Å². The topological polar surface area (TPSA) is 80.7 Å². The van der Waals surface area contributed by atoms with Gasteiger partial charge in [0.05, 0.1) is 16.9 Å². The van der Waals surface area contributed by atoms with E-state index >= 15 is 0 Å². The Hall–Kier alpha value is -1.56. The van der Waals surface area contributed by atoms with Gasteiger partial charge in [-0.05, 0) is 44.9 Å². The van der Waals surface area contributed by atoms with Crippen LogP contribution in [0.4, 0.5) is 0 Å². The zero-order valence-electron chi connectivity index (χ0n) is 11.9. The van der Waals surface area contributed by atoms with E-state index in [0.29, 0.717) is 25.2 Å². The van der Waals surface area contributed by atoms with Gasteiger partial charge in [-0.2, -0.15) is 0 Å². The number of aliphatic carboxylic acids is 1. The predicted octanol–water partition coefficient (Wildman–Crippen LogP) is 2.36. The molecule has 0 fully saturated rings. The zero-order chi connectivity index (χ0) is 15.4. The third kappa shape index (κ3) is 4.85. The first kappa shape index (κ1) is 16.5. The molecule has 0 spiro atoms. The summed E-state index contributed by atoms with van der Waals surface area (Å²) in [5, 5.41) is 8.98. The molecule has 0 amide bonds. The van der Waals surface area contributed by atoms with Crippen LogP contribution in [0, 0.1) is 5.41 Å². The molecule has 1 rings (SSSR count). The Kier molecular flexibility index (Phi) is 5.16. The summed E-state index contributed by atoms with van der Waals surface area (Å²) in [4.78, 5) is 11.1. The van der Waals surface area contributed by atoms with Crippen LogP contribution in [-0.2, 0) is 14.6 Å². The minimum atomic E-state index is -3.25. The van der Waals surface area contributed by atoms with Gasteiger partial charge in [-0.25, -0.2) is 8.42 Å². The van der Waals surface area contributed by atoms with Gasteiger partial charge >= 0.3 is 5.97 Å². The van der Waals surface area contributed by atoms with E-state index in [4.69, 9.17) is 9.84 Å². The summed E-state index contributed by atoms with van der Waals surface area (Å²) in [6, 6.07) is 6.28. The van der Waals surface area contributed by atoms with E-state index in [9.17, 15) is 13.2 Å². The Morgan fingerprint density at radius 3 is 2.55 bits per heavy atom. The maximum absolute atomic E-state index is 11.4. The molecule has 5 nitrogen and oxygen atoms in total. The second-order valence-electron chi connectivity index (χ2n) is 5.39. The molecule has 0 saturated carbocycles. The number of carbonyl (C=O) groups is 1. The summed E-state index contributed by atoms with van der Waals surface area (Å²) in [7, 11) is -3.25. The normalized spacial score (nSPS) is 12.2. The molecule has 0 saturated heterocycles. The number of rotatable bonds is 7. The van der Waals surface area contributed by atoms with Crippen LogP contribution in [0.1, 0.15) is 26.7 Å². The van der Waals surface area contributed by atoms with E-state index in [1.165, 1.54) is 12.1 Å². The minimum absolute atomic E-state index is 0.209. The number of hydrogen-bond acceptors (Lipinski definition) is 4. The average Bonchev–Trinajstić information content (AvgIpc) is 2.34. The highest BCUT2D eigenvalue weighted by Crippen LogP contribution is 2.23. The lowest BCUT2D eigenvalue weighted by atomic mass is 9.88. The van der Waals surface area contributed by atoms with Crippen LogP contribution in [0.5, 0.6) is 5.75 Å².